The molecule has 152 valence electrons. The summed E-state index contributed by atoms with van der Waals surface area (Å²) in [5, 5.41) is 16.4. The highest BCUT2D eigenvalue weighted by Crippen LogP contribution is 2.25. The molecule has 0 aliphatic carbocycles. The Morgan fingerprint density at radius 1 is 1.03 bits per heavy atom. The lowest BCUT2D eigenvalue weighted by Crippen LogP contribution is -2.32. The molecule has 0 fully saturated rings. The molecule has 1 aromatic heterocycles. The average molecular weight is 465 g/mol. The Balaban J connectivity index is 1.64. The van der Waals surface area contributed by atoms with Crippen molar-refractivity contribution in [2.75, 3.05) is 6.61 Å². The summed E-state index contributed by atoms with van der Waals surface area (Å²) in [6, 6.07) is 22.8. The average Bonchev–Trinajstić information content (AvgIpc) is 2.75. The van der Waals surface area contributed by atoms with Gasteiger partial charge in [0.15, 0.2) is 0 Å². The Bertz CT molecular complexity index is 1240. The molecule has 0 saturated heterocycles. The van der Waals surface area contributed by atoms with Crippen molar-refractivity contribution < 1.29 is 9.84 Å². The van der Waals surface area contributed by atoms with Gasteiger partial charge in [-0.3, -0.25) is 4.79 Å². The number of aliphatic hydroxyl groups excluding tert-OH is 1. The number of aliphatic hydroxyl groups is 1. The maximum Gasteiger partial charge on any atom is 0.274 e. The molecule has 4 rings (SSSR count). The highest BCUT2D eigenvalue weighted by atomic mass is 79.9. The van der Waals surface area contributed by atoms with Gasteiger partial charge in [0.25, 0.3) is 5.56 Å². The topological polar surface area (TPSA) is 64.3 Å². The van der Waals surface area contributed by atoms with E-state index in [-0.39, 0.29) is 18.7 Å². The maximum atomic E-state index is 13.0. The summed E-state index contributed by atoms with van der Waals surface area (Å²) in [5.41, 5.74) is 2.55. The van der Waals surface area contributed by atoms with E-state index in [1.807, 2.05) is 73.7 Å². The van der Waals surface area contributed by atoms with E-state index < -0.39 is 6.10 Å². The van der Waals surface area contributed by atoms with Gasteiger partial charge in [-0.25, -0.2) is 4.68 Å². The van der Waals surface area contributed by atoms with Gasteiger partial charge in [0.2, 0.25) is 0 Å². The van der Waals surface area contributed by atoms with Gasteiger partial charge < -0.3 is 9.84 Å². The number of benzene rings is 3. The van der Waals surface area contributed by atoms with E-state index in [9.17, 15) is 9.90 Å². The van der Waals surface area contributed by atoms with Crippen LogP contribution in [0.4, 0.5) is 0 Å². The van der Waals surface area contributed by atoms with Gasteiger partial charge >= 0.3 is 0 Å². The Morgan fingerprint density at radius 2 is 1.77 bits per heavy atom. The first kappa shape index (κ1) is 20.3. The van der Waals surface area contributed by atoms with Crippen LogP contribution < -0.4 is 10.3 Å². The van der Waals surface area contributed by atoms with Crippen LogP contribution in [0, 0.1) is 6.92 Å². The van der Waals surface area contributed by atoms with Crippen molar-refractivity contribution in [2.24, 2.45) is 0 Å². The van der Waals surface area contributed by atoms with Crippen LogP contribution in [0.25, 0.3) is 22.0 Å². The van der Waals surface area contributed by atoms with Crippen LogP contribution in [-0.4, -0.2) is 27.6 Å². The maximum absolute atomic E-state index is 13.0. The number of nitrogens with zero attached hydrogens (tertiary/aromatic N) is 2. The minimum absolute atomic E-state index is 0.0382. The van der Waals surface area contributed by atoms with Crippen LogP contribution in [0.1, 0.15) is 5.56 Å². The number of halogens is 1. The predicted molar refractivity (Wildman–Crippen MR) is 122 cm³/mol. The molecular formula is C24H21BrN2O3. The monoisotopic (exact) mass is 464 g/mol. The zero-order chi connectivity index (χ0) is 21.1. The van der Waals surface area contributed by atoms with Crippen LogP contribution in [0.5, 0.6) is 5.75 Å². The van der Waals surface area contributed by atoms with E-state index in [0.717, 1.165) is 21.0 Å². The van der Waals surface area contributed by atoms with Crippen LogP contribution in [0.3, 0.4) is 0 Å². The zero-order valence-electron chi connectivity index (χ0n) is 16.5. The second kappa shape index (κ2) is 8.81. The molecule has 0 bridgehead atoms. The molecule has 0 amide bonds. The third-order valence-electron chi connectivity index (χ3n) is 4.81. The van der Waals surface area contributed by atoms with Gasteiger partial charge in [-0.2, -0.15) is 5.10 Å². The molecule has 3 aromatic carbocycles. The number of rotatable bonds is 6. The highest BCUT2D eigenvalue weighted by molar-refractivity contribution is 9.10. The number of fused-ring (bicyclic) bond motifs is 1. The molecule has 1 heterocycles. The lowest BCUT2D eigenvalue weighted by Gasteiger charge is -2.15. The Hall–Kier alpha value is -2.96. The van der Waals surface area contributed by atoms with Gasteiger partial charge in [0.05, 0.1) is 17.6 Å². The normalized spacial score (nSPS) is 12.1. The third-order valence-corrected chi connectivity index (χ3v) is 5.31. The first-order valence-electron chi connectivity index (χ1n) is 9.64. The molecule has 5 nitrogen and oxygen atoms in total. The smallest absolute Gasteiger partial charge is 0.274 e. The van der Waals surface area contributed by atoms with Crippen LogP contribution >= 0.6 is 15.9 Å². The summed E-state index contributed by atoms with van der Waals surface area (Å²) in [7, 11) is 0. The summed E-state index contributed by atoms with van der Waals surface area (Å²) < 4.78 is 7.87. The van der Waals surface area contributed by atoms with E-state index in [4.69, 9.17) is 4.74 Å². The SMILES string of the molecule is Cc1ccc(-c2nn(CC(O)COc3cccc(Br)c3)c(=O)c3ccccc23)cc1. The van der Waals surface area contributed by atoms with Gasteiger partial charge in [-0.1, -0.05) is 70.0 Å². The summed E-state index contributed by atoms with van der Waals surface area (Å²) in [6.07, 6.45) is -0.888. The number of aryl methyl sites for hydroxylation is 1. The third kappa shape index (κ3) is 4.45. The molecule has 4 aromatic rings. The molecule has 1 atom stereocenters. The molecule has 6 heteroatoms. The minimum Gasteiger partial charge on any atom is -0.491 e. The number of hydrogen-bond acceptors (Lipinski definition) is 4. The zero-order valence-corrected chi connectivity index (χ0v) is 18.0. The Kier molecular flexibility index (Phi) is 5.97. The largest absolute Gasteiger partial charge is 0.491 e. The molecule has 0 saturated carbocycles. The number of hydrogen-bond donors (Lipinski definition) is 1. The fraction of sp³-hybridized carbons (Fsp3) is 0.167. The van der Waals surface area contributed by atoms with E-state index in [1.54, 1.807) is 6.07 Å². The summed E-state index contributed by atoms with van der Waals surface area (Å²) >= 11 is 3.39. The fourth-order valence-corrected chi connectivity index (χ4v) is 3.66. The van der Waals surface area contributed by atoms with Crippen LogP contribution in [-0.2, 0) is 6.54 Å². The van der Waals surface area contributed by atoms with Gasteiger partial charge in [0, 0.05) is 15.4 Å². The minimum atomic E-state index is -0.888. The van der Waals surface area contributed by atoms with E-state index in [0.29, 0.717) is 16.8 Å². The molecule has 0 aliphatic rings. The van der Waals surface area contributed by atoms with Crippen molar-refractivity contribution in [1.29, 1.82) is 0 Å². The summed E-state index contributed by atoms with van der Waals surface area (Å²) in [6.45, 7) is 2.12. The second-order valence-electron chi connectivity index (χ2n) is 7.17. The Labute approximate surface area is 182 Å². The van der Waals surface area contributed by atoms with E-state index in [2.05, 4.69) is 21.0 Å². The summed E-state index contributed by atoms with van der Waals surface area (Å²) in [5.74, 6) is 0.641. The standard InChI is InChI=1S/C24H21BrN2O3/c1-16-9-11-17(12-10-16)23-21-7-2-3-8-22(21)24(29)27(26-23)14-19(28)15-30-20-6-4-5-18(25)13-20/h2-13,19,28H,14-15H2,1H3. The van der Waals surface area contributed by atoms with E-state index >= 15 is 0 Å². The van der Waals surface area contributed by atoms with Gasteiger partial charge in [-0.05, 0) is 31.2 Å². The van der Waals surface area contributed by atoms with Gasteiger partial charge in [-0.15, -0.1) is 0 Å². The lowest BCUT2D eigenvalue weighted by molar-refractivity contribution is 0.0882. The van der Waals surface area contributed by atoms with Crippen molar-refractivity contribution >= 4 is 26.7 Å². The fourth-order valence-electron chi connectivity index (χ4n) is 3.29. The van der Waals surface area contributed by atoms with Crippen molar-refractivity contribution in [3.63, 3.8) is 0 Å². The molecule has 1 unspecified atom stereocenters. The molecule has 0 radical (unpaired) electrons. The molecule has 0 aliphatic heterocycles. The second-order valence-corrected chi connectivity index (χ2v) is 8.09. The highest BCUT2D eigenvalue weighted by Gasteiger charge is 2.15. The number of aromatic nitrogens is 2. The molecule has 1 N–H and O–H groups in total. The van der Waals surface area contributed by atoms with Crippen molar-refractivity contribution in [1.82, 2.24) is 9.78 Å². The van der Waals surface area contributed by atoms with Crippen molar-refractivity contribution in [2.45, 2.75) is 19.6 Å². The van der Waals surface area contributed by atoms with Crippen molar-refractivity contribution in [3.05, 3.63) is 93.2 Å². The van der Waals surface area contributed by atoms with Crippen molar-refractivity contribution in [3.8, 4) is 17.0 Å². The summed E-state index contributed by atoms with van der Waals surface area (Å²) in [4.78, 5) is 13.0. The number of ether oxygens (including phenoxy) is 1. The van der Waals surface area contributed by atoms with Gasteiger partial charge in [0.1, 0.15) is 18.5 Å². The Morgan fingerprint density at radius 3 is 2.50 bits per heavy atom. The first-order chi connectivity index (χ1) is 14.5. The predicted octanol–water partition coefficient (Wildman–Crippen LogP) is 4.57. The molecule has 0 spiro atoms. The molecule has 30 heavy (non-hydrogen) atoms. The lowest BCUT2D eigenvalue weighted by atomic mass is 10.0. The molecular weight excluding hydrogens is 444 g/mol. The van der Waals surface area contributed by atoms with Crippen LogP contribution in [0.2, 0.25) is 0 Å². The van der Waals surface area contributed by atoms with Crippen LogP contribution in [0.15, 0.2) is 82.1 Å². The quantitative estimate of drug-likeness (QED) is 0.453. The first-order valence-corrected chi connectivity index (χ1v) is 10.4. The van der Waals surface area contributed by atoms with E-state index in [1.165, 1.54) is 4.68 Å².